The number of hydrogen-bond donors (Lipinski definition) is 0. The van der Waals surface area contributed by atoms with E-state index in [0.717, 1.165) is 16.6 Å². The van der Waals surface area contributed by atoms with E-state index >= 15 is 0 Å². The summed E-state index contributed by atoms with van der Waals surface area (Å²) < 4.78 is 1.62. The predicted molar refractivity (Wildman–Crippen MR) is 60.9 cm³/mol. The summed E-state index contributed by atoms with van der Waals surface area (Å²) in [5.74, 6) is 0. The van der Waals surface area contributed by atoms with Crippen LogP contribution in [0.2, 0.25) is 0 Å². The van der Waals surface area contributed by atoms with Crippen LogP contribution in [-0.4, -0.2) is 9.55 Å². The van der Waals surface area contributed by atoms with Crippen LogP contribution in [0.4, 0.5) is 0 Å². The number of aryl methyl sites for hydroxylation is 1. The van der Waals surface area contributed by atoms with Crippen molar-refractivity contribution in [2.24, 2.45) is 0 Å². The first-order chi connectivity index (χ1) is 7.24. The molecule has 0 aliphatic carbocycles. The van der Waals surface area contributed by atoms with Crippen molar-refractivity contribution in [2.45, 2.75) is 13.5 Å². The van der Waals surface area contributed by atoms with Crippen LogP contribution in [0.15, 0.2) is 41.8 Å². The lowest BCUT2D eigenvalue weighted by Crippen LogP contribution is -2.19. The Morgan fingerprint density at radius 2 is 2.27 bits per heavy atom. The highest BCUT2D eigenvalue weighted by molar-refractivity contribution is 5.78. The van der Waals surface area contributed by atoms with Gasteiger partial charge in [0.15, 0.2) is 0 Å². The van der Waals surface area contributed by atoms with Gasteiger partial charge in [0.25, 0.3) is 5.56 Å². The first-order valence-electron chi connectivity index (χ1n) is 4.80. The molecule has 15 heavy (non-hydrogen) atoms. The summed E-state index contributed by atoms with van der Waals surface area (Å²) >= 11 is 0. The predicted octanol–water partition coefficient (Wildman–Crippen LogP) is 1.89. The number of fused-ring (bicyclic) bond motifs is 1. The summed E-state index contributed by atoms with van der Waals surface area (Å²) in [5, 5.41) is 1.01. The van der Waals surface area contributed by atoms with Crippen LogP contribution >= 0.6 is 0 Å². The minimum Gasteiger partial charge on any atom is -0.289 e. The van der Waals surface area contributed by atoms with E-state index < -0.39 is 0 Å². The Morgan fingerprint density at radius 3 is 3.00 bits per heavy atom. The first-order valence-corrected chi connectivity index (χ1v) is 4.80. The van der Waals surface area contributed by atoms with Crippen molar-refractivity contribution in [1.29, 1.82) is 0 Å². The number of hydrogen-bond acceptors (Lipinski definition) is 2. The number of rotatable bonds is 2. The molecule has 2 aromatic rings. The minimum absolute atomic E-state index is 0.0412. The zero-order valence-corrected chi connectivity index (χ0v) is 8.60. The molecular weight excluding hydrogens is 188 g/mol. The Labute approximate surface area is 87.7 Å². The van der Waals surface area contributed by atoms with Gasteiger partial charge in [0, 0.05) is 24.2 Å². The Bertz CT molecular complexity index is 569. The summed E-state index contributed by atoms with van der Waals surface area (Å²) in [6.07, 6.45) is 3.42. The van der Waals surface area contributed by atoms with E-state index in [2.05, 4.69) is 11.6 Å². The van der Waals surface area contributed by atoms with Gasteiger partial charge in [0.05, 0.1) is 0 Å². The second-order valence-electron chi connectivity index (χ2n) is 3.44. The smallest absolute Gasteiger partial charge is 0.252 e. The van der Waals surface area contributed by atoms with E-state index in [9.17, 15) is 4.79 Å². The van der Waals surface area contributed by atoms with Gasteiger partial charge in [0.2, 0.25) is 0 Å². The van der Waals surface area contributed by atoms with Gasteiger partial charge in [-0.1, -0.05) is 6.08 Å². The number of pyridine rings is 2. The van der Waals surface area contributed by atoms with E-state index in [1.54, 1.807) is 22.9 Å². The van der Waals surface area contributed by atoms with Crippen molar-refractivity contribution in [3.63, 3.8) is 0 Å². The topological polar surface area (TPSA) is 34.9 Å². The molecule has 76 valence electrons. The van der Waals surface area contributed by atoms with Gasteiger partial charge in [-0.15, -0.1) is 6.58 Å². The van der Waals surface area contributed by atoms with Gasteiger partial charge in [-0.3, -0.25) is 9.36 Å². The van der Waals surface area contributed by atoms with Crippen molar-refractivity contribution in [3.8, 4) is 0 Å². The summed E-state index contributed by atoms with van der Waals surface area (Å²) in [4.78, 5) is 15.8. The maximum Gasteiger partial charge on any atom is 0.252 e. The summed E-state index contributed by atoms with van der Waals surface area (Å²) in [5.41, 5.74) is 1.81. The van der Waals surface area contributed by atoms with E-state index in [-0.39, 0.29) is 5.56 Å². The molecule has 0 saturated carbocycles. The average Bonchev–Trinajstić information content (AvgIpc) is 2.23. The summed E-state index contributed by atoms with van der Waals surface area (Å²) in [6, 6.07) is 5.32. The van der Waals surface area contributed by atoms with E-state index in [1.807, 2.05) is 19.1 Å². The standard InChI is InChI=1S/C12H12N2O/c1-3-8-14-11(15)5-4-10-9(2)6-7-13-12(10)14/h3-7H,1,8H2,2H3. The molecule has 0 spiro atoms. The Balaban J connectivity index is 2.87. The lowest BCUT2D eigenvalue weighted by molar-refractivity contribution is 0.805. The molecule has 3 nitrogen and oxygen atoms in total. The van der Waals surface area contributed by atoms with Crippen LogP contribution in [0.3, 0.4) is 0 Å². The molecule has 0 N–H and O–H groups in total. The lowest BCUT2D eigenvalue weighted by Gasteiger charge is -2.07. The second-order valence-corrected chi connectivity index (χ2v) is 3.44. The molecule has 0 fully saturated rings. The normalized spacial score (nSPS) is 10.5. The number of aromatic nitrogens is 2. The van der Waals surface area contributed by atoms with E-state index in [4.69, 9.17) is 0 Å². The van der Waals surface area contributed by atoms with Crippen LogP contribution in [0, 0.1) is 6.92 Å². The maximum absolute atomic E-state index is 11.6. The molecule has 0 bridgehead atoms. The van der Waals surface area contributed by atoms with Gasteiger partial charge < -0.3 is 0 Å². The fraction of sp³-hybridized carbons (Fsp3) is 0.167. The van der Waals surface area contributed by atoms with Crippen LogP contribution in [0.5, 0.6) is 0 Å². The van der Waals surface area contributed by atoms with Crippen molar-refractivity contribution in [3.05, 3.63) is 53.0 Å². The number of allylic oxidation sites excluding steroid dienone is 1. The minimum atomic E-state index is -0.0412. The third-order valence-electron chi connectivity index (χ3n) is 2.41. The first kappa shape index (κ1) is 9.65. The molecule has 0 aliphatic rings. The van der Waals surface area contributed by atoms with Crippen molar-refractivity contribution < 1.29 is 0 Å². The van der Waals surface area contributed by atoms with Gasteiger partial charge in [0.1, 0.15) is 5.65 Å². The molecule has 2 rings (SSSR count). The largest absolute Gasteiger partial charge is 0.289 e. The number of nitrogens with zero attached hydrogens (tertiary/aromatic N) is 2. The highest BCUT2D eigenvalue weighted by Crippen LogP contribution is 2.13. The lowest BCUT2D eigenvalue weighted by atomic mass is 10.2. The fourth-order valence-electron chi connectivity index (χ4n) is 1.63. The summed E-state index contributed by atoms with van der Waals surface area (Å²) in [6.45, 7) is 6.14. The van der Waals surface area contributed by atoms with Crippen LogP contribution in [0.25, 0.3) is 11.0 Å². The average molecular weight is 200 g/mol. The third-order valence-corrected chi connectivity index (χ3v) is 2.41. The Morgan fingerprint density at radius 1 is 1.47 bits per heavy atom. The van der Waals surface area contributed by atoms with E-state index in [1.165, 1.54) is 0 Å². The molecule has 3 heteroatoms. The van der Waals surface area contributed by atoms with Gasteiger partial charge >= 0.3 is 0 Å². The monoisotopic (exact) mass is 200 g/mol. The van der Waals surface area contributed by atoms with Crippen molar-refractivity contribution >= 4 is 11.0 Å². The molecule has 0 unspecified atom stereocenters. The molecule has 0 radical (unpaired) electrons. The van der Waals surface area contributed by atoms with E-state index in [0.29, 0.717) is 6.54 Å². The summed E-state index contributed by atoms with van der Waals surface area (Å²) in [7, 11) is 0. The molecular formula is C12H12N2O. The van der Waals surface area contributed by atoms with Gasteiger partial charge in [-0.05, 0) is 24.6 Å². The molecule has 0 aliphatic heterocycles. The van der Waals surface area contributed by atoms with Crippen LogP contribution < -0.4 is 5.56 Å². The second kappa shape index (κ2) is 3.69. The van der Waals surface area contributed by atoms with Crippen LogP contribution in [-0.2, 0) is 6.54 Å². The zero-order chi connectivity index (χ0) is 10.8. The Kier molecular flexibility index (Phi) is 2.37. The molecule has 0 atom stereocenters. The molecule has 0 saturated heterocycles. The maximum atomic E-state index is 11.6. The van der Waals surface area contributed by atoms with Gasteiger partial charge in [-0.25, -0.2) is 4.98 Å². The zero-order valence-electron chi connectivity index (χ0n) is 8.60. The van der Waals surface area contributed by atoms with Crippen LogP contribution in [0.1, 0.15) is 5.56 Å². The third kappa shape index (κ3) is 1.56. The molecule has 2 heterocycles. The molecule has 2 aromatic heterocycles. The fourth-order valence-corrected chi connectivity index (χ4v) is 1.63. The highest BCUT2D eigenvalue weighted by atomic mass is 16.1. The van der Waals surface area contributed by atoms with Crippen molar-refractivity contribution in [1.82, 2.24) is 9.55 Å². The molecule has 0 aromatic carbocycles. The molecule has 0 amide bonds. The van der Waals surface area contributed by atoms with Gasteiger partial charge in [-0.2, -0.15) is 0 Å². The highest BCUT2D eigenvalue weighted by Gasteiger charge is 2.03. The van der Waals surface area contributed by atoms with Crippen molar-refractivity contribution in [2.75, 3.05) is 0 Å². The quantitative estimate of drug-likeness (QED) is 0.694. The Hall–Kier alpha value is -1.90. The SMILES string of the molecule is C=CCn1c(=O)ccc2c(C)ccnc21.